The first-order valence-electron chi connectivity index (χ1n) is 5.09. The van der Waals surface area contributed by atoms with Gasteiger partial charge in [0, 0.05) is 24.0 Å². The quantitative estimate of drug-likeness (QED) is 0.808. The first kappa shape index (κ1) is 10.1. The molecule has 0 spiro atoms. The van der Waals surface area contributed by atoms with Crippen LogP contribution in [0.1, 0.15) is 32.0 Å². The van der Waals surface area contributed by atoms with Crippen molar-refractivity contribution in [2.75, 3.05) is 6.54 Å². The molecule has 2 heterocycles. The first-order chi connectivity index (χ1) is 6.70. The summed E-state index contributed by atoms with van der Waals surface area (Å²) in [7, 11) is 0. The van der Waals surface area contributed by atoms with Crippen molar-refractivity contribution in [2.24, 2.45) is 5.73 Å². The van der Waals surface area contributed by atoms with Gasteiger partial charge in [-0.25, -0.2) is 4.98 Å². The van der Waals surface area contributed by atoms with Gasteiger partial charge in [-0.3, -0.25) is 4.90 Å². The molecule has 0 aliphatic carbocycles. The first-order valence-corrected chi connectivity index (χ1v) is 6.04. The van der Waals surface area contributed by atoms with Gasteiger partial charge in [-0.2, -0.15) is 0 Å². The highest BCUT2D eigenvalue weighted by Crippen LogP contribution is 2.32. The summed E-state index contributed by atoms with van der Waals surface area (Å²) < 4.78 is 0. The van der Waals surface area contributed by atoms with Crippen LogP contribution in [0.25, 0.3) is 0 Å². The molecule has 1 aromatic heterocycles. The molecule has 78 valence electrons. The molecule has 2 N–H and O–H groups in total. The maximum atomic E-state index is 6.12. The van der Waals surface area contributed by atoms with Crippen LogP contribution in [0.5, 0.6) is 0 Å². The van der Waals surface area contributed by atoms with Crippen LogP contribution in [-0.2, 0) is 0 Å². The van der Waals surface area contributed by atoms with Crippen molar-refractivity contribution in [1.82, 2.24) is 9.88 Å². The molecule has 0 saturated carbocycles. The Bertz CT molecular complexity index is 284. The Hall–Kier alpha value is -0.450. The van der Waals surface area contributed by atoms with E-state index in [1.165, 1.54) is 0 Å². The van der Waals surface area contributed by atoms with Crippen LogP contribution in [0.3, 0.4) is 0 Å². The highest BCUT2D eigenvalue weighted by molar-refractivity contribution is 7.07. The largest absolute Gasteiger partial charge is 0.326 e. The summed E-state index contributed by atoms with van der Waals surface area (Å²) in [5, 5.41) is 2.12. The zero-order valence-electron chi connectivity index (χ0n) is 8.68. The molecule has 2 atom stereocenters. The lowest BCUT2D eigenvalue weighted by atomic mass is 10.1. The van der Waals surface area contributed by atoms with Gasteiger partial charge in [0.25, 0.3) is 0 Å². The van der Waals surface area contributed by atoms with Gasteiger partial charge in [0.1, 0.15) is 0 Å². The highest BCUT2D eigenvalue weighted by Gasteiger charge is 2.35. The van der Waals surface area contributed by atoms with Gasteiger partial charge < -0.3 is 5.73 Å². The van der Waals surface area contributed by atoms with Gasteiger partial charge in [0.2, 0.25) is 0 Å². The molecule has 14 heavy (non-hydrogen) atoms. The minimum atomic E-state index is 0.250. The fourth-order valence-corrected chi connectivity index (χ4v) is 2.76. The summed E-state index contributed by atoms with van der Waals surface area (Å²) in [6, 6.07) is 1.14. The summed E-state index contributed by atoms with van der Waals surface area (Å²) in [5.74, 6) is 0. The van der Waals surface area contributed by atoms with Crippen LogP contribution < -0.4 is 5.73 Å². The number of likely N-dealkylation sites (tertiary alicyclic amines) is 1. The zero-order valence-corrected chi connectivity index (χ0v) is 9.50. The van der Waals surface area contributed by atoms with E-state index < -0.39 is 0 Å². The third-order valence-electron chi connectivity index (χ3n) is 2.90. The Morgan fingerprint density at radius 1 is 1.64 bits per heavy atom. The lowest BCUT2D eigenvalue weighted by Crippen LogP contribution is -2.36. The second kappa shape index (κ2) is 3.96. The molecule has 1 aliphatic rings. The van der Waals surface area contributed by atoms with E-state index in [1.807, 2.05) is 5.51 Å². The molecule has 4 heteroatoms. The molecule has 1 aliphatic heterocycles. The molecule has 3 nitrogen and oxygen atoms in total. The maximum Gasteiger partial charge on any atom is 0.0795 e. The smallest absolute Gasteiger partial charge is 0.0795 e. The van der Waals surface area contributed by atoms with Gasteiger partial charge >= 0.3 is 0 Å². The summed E-state index contributed by atoms with van der Waals surface area (Å²) in [5.41, 5.74) is 9.16. The van der Waals surface area contributed by atoms with Gasteiger partial charge in [0.05, 0.1) is 17.2 Å². The maximum absolute atomic E-state index is 6.12. The fourth-order valence-electron chi connectivity index (χ4n) is 2.18. The van der Waals surface area contributed by atoms with E-state index in [-0.39, 0.29) is 6.04 Å². The number of thiazole rings is 1. The van der Waals surface area contributed by atoms with Gasteiger partial charge in [-0.1, -0.05) is 0 Å². The van der Waals surface area contributed by atoms with Crippen LogP contribution in [0, 0.1) is 0 Å². The average molecular weight is 211 g/mol. The summed E-state index contributed by atoms with van der Waals surface area (Å²) in [6.45, 7) is 5.54. The monoisotopic (exact) mass is 211 g/mol. The van der Waals surface area contributed by atoms with E-state index >= 15 is 0 Å². The molecule has 0 unspecified atom stereocenters. The van der Waals surface area contributed by atoms with Crippen molar-refractivity contribution >= 4 is 11.3 Å². The number of nitrogens with two attached hydrogens (primary N) is 1. The predicted molar refractivity (Wildman–Crippen MR) is 59.3 cm³/mol. The third-order valence-corrected chi connectivity index (χ3v) is 3.51. The Kier molecular flexibility index (Phi) is 2.85. The van der Waals surface area contributed by atoms with Gasteiger partial charge in [-0.15, -0.1) is 11.3 Å². The number of hydrogen-bond donors (Lipinski definition) is 1. The average Bonchev–Trinajstić information content (AvgIpc) is 2.71. The van der Waals surface area contributed by atoms with Crippen LogP contribution >= 0.6 is 11.3 Å². The van der Waals surface area contributed by atoms with Crippen LogP contribution in [0.2, 0.25) is 0 Å². The molecule has 0 bridgehead atoms. The van der Waals surface area contributed by atoms with E-state index in [0.29, 0.717) is 12.1 Å². The third kappa shape index (κ3) is 1.69. The summed E-state index contributed by atoms with van der Waals surface area (Å²) >= 11 is 1.65. The van der Waals surface area contributed by atoms with E-state index in [9.17, 15) is 0 Å². The van der Waals surface area contributed by atoms with E-state index in [2.05, 4.69) is 29.1 Å². The Morgan fingerprint density at radius 3 is 3.00 bits per heavy atom. The fraction of sp³-hybridized carbons (Fsp3) is 0.700. The lowest BCUT2D eigenvalue weighted by molar-refractivity contribution is 0.195. The van der Waals surface area contributed by atoms with Crippen molar-refractivity contribution < 1.29 is 0 Å². The number of rotatable bonds is 2. The van der Waals surface area contributed by atoms with E-state index in [0.717, 1.165) is 18.7 Å². The van der Waals surface area contributed by atoms with Crippen molar-refractivity contribution in [1.29, 1.82) is 0 Å². The minimum absolute atomic E-state index is 0.250. The van der Waals surface area contributed by atoms with Crippen molar-refractivity contribution in [3.05, 3.63) is 16.6 Å². The molecule has 0 radical (unpaired) electrons. The zero-order chi connectivity index (χ0) is 10.1. The molecular weight excluding hydrogens is 194 g/mol. The molecule has 2 rings (SSSR count). The van der Waals surface area contributed by atoms with Crippen molar-refractivity contribution in [3.8, 4) is 0 Å². The normalized spacial score (nSPS) is 28.9. The lowest BCUT2D eigenvalue weighted by Gasteiger charge is -2.28. The van der Waals surface area contributed by atoms with Crippen molar-refractivity contribution in [2.45, 2.75) is 38.4 Å². The molecule has 0 amide bonds. The van der Waals surface area contributed by atoms with Crippen LogP contribution in [0.4, 0.5) is 0 Å². The molecule has 0 aromatic carbocycles. The SMILES string of the molecule is CC(C)N1CC[C@@H](N)[C@@H]1c1cscn1. The van der Waals surface area contributed by atoms with E-state index in [4.69, 9.17) is 5.73 Å². The summed E-state index contributed by atoms with van der Waals surface area (Å²) in [4.78, 5) is 6.82. The summed E-state index contributed by atoms with van der Waals surface area (Å²) in [6.07, 6.45) is 1.08. The topological polar surface area (TPSA) is 42.1 Å². The number of hydrogen-bond acceptors (Lipinski definition) is 4. The van der Waals surface area contributed by atoms with Gasteiger partial charge in [0.15, 0.2) is 0 Å². The highest BCUT2D eigenvalue weighted by atomic mass is 32.1. The van der Waals surface area contributed by atoms with Crippen LogP contribution in [0.15, 0.2) is 10.9 Å². The molecule has 1 aromatic rings. The molecule has 1 saturated heterocycles. The minimum Gasteiger partial charge on any atom is -0.326 e. The Balaban J connectivity index is 2.22. The van der Waals surface area contributed by atoms with E-state index in [1.54, 1.807) is 11.3 Å². The Morgan fingerprint density at radius 2 is 2.43 bits per heavy atom. The standard InChI is InChI=1S/C10H17N3S/c1-7(2)13-4-3-8(11)10(13)9-5-14-6-12-9/h5-8,10H,3-4,11H2,1-2H3/t8-,10-/m1/s1. The molecular formula is C10H17N3S. The second-order valence-electron chi connectivity index (χ2n) is 4.14. The van der Waals surface area contributed by atoms with Gasteiger partial charge in [-0.05, 0) is 20.3 Å². The predicted octanol–water partition coefficient (Wildman–Crippen LogP) is 1.63. The van der Waals surface area contributed by atoms with Crippen molar-refractivity contribution in [3.63, 3.8) is 0 Å². The molecule has 1 fully saturated rings. The Labute approximate surface area is 88.9 Å². The number of nitrogens with zero attached hydrogens (tertiary/aromatic N) is 2. The second-order valence-corrected chi connectivity index (χ2v) is 4.86. The number of aromatic nitrogens is 1. The van der Waals surface area contributed by atoms with Crippen LogP contribution in [-0.4, -0.2) is 28.5 Å².